The minimum absolute atomic E-state index is 0.604. The van der Waals surface area contributed by atoms with Crippen LogP contribution in [0.4, 0.5) is 0 Å². The lowest BCUT2D eigenvalue weighted by atomic mass is 10.0. The van der Waals surface area contributed by atoms with E-state index >= 15 is 0 Å². The van der Waals surface area contributed by atoms with Gasteiger partial charge in [0.1, 0.15) is 12.4 Å². The van der Waals surface area contributed by atoms with Crippen molar-refractivity contribution in [3.8, 4) is 16.9 Å². The maximum Gasteiger partial charge on any atom is 0.119 e. The molecule has 0 aliphatic carbocycles. The first-order valence-corrected chi connectivity index (χ1v) is 9.21. The van der Waals surface area contributed by atoms with Crippen molar-refractivity contribution in [3.63, 3.8) is 0 Å². The van der Waals surface area contributed by atoms with Gasteiger partial charge in [0.05, 0.1) is 0 Å². The summed E-state index contributed by atoms with van der Waals surface area (Å²) in [4.78, 5) is 0. The molecule has 0 spiro atoms. The molecule has 0 saturated heterocycles. The molecule has 0 amide bonds. The van der Waals surface area contributed by atoms with Crippen molar-refractivity contribution >= 4 is 0 Å². The van der Waals surface area contributed by atoms with Gasteiger partial charge in [-0.2, -0.15) is 0 Å². The number of aryl methyl sites for hydroxylation is 1. The molecule has 0 aliphatic rings. The van der Waals surface area contributed by atoms with E-state index in [-0.39, 0.29) is 0 Å². The van der Waals surface area contributed by atoms with Crippen molar-refractivity contribution in [3.05, 3.63) is 90.0 Å². The smallest absolute Gasteiger partial charge is 0.119 e. The molecule has 0 saturated carbocycles. The zero-order chi connectivity index (χ0) is 17.3. The maximum absolute atomic E-state index is 5.86. The minimum atomic E-state index is 0.604. The molecule has 0 atom stereocenters. The molecule has 25 heavy (non-hydrogen) atoms. The zero-order valence-corrected chi connectivity index (χ0v) is 14.9. The Morgan fingerprint density at radius 3 is 1.92 bits per heavy atom. The first-order chi connectivity index (χ1) is 12.3. The highest BCUT2D eigenvalue weighted by molar-refractivity contribution is 5.64. The lowest BCUT2D eigenvalue weighted by Crippen LogP contribution is -1.94. The van der Waals surface area contributed by atoms with E-state index in [0.717, 1.165) is 5.75 Å². The van der Waals surface area contributed by atoms with Gasteiger partial charge in [-0.05, 0) is 47.2 Å². The Labute approximate surface area is 151 Å². The monoisotopic (exact) mass is 330 g/mol. The van der Waals surface area contributed by atoms with Gasteiger partial charge in [0, 0.05) is 0 Å². The van der Waals surface area contributed by atoms with Gasteiger partial charge < -0.3 is 4.74 Å². The van der Waals surface area contributed by atoms with Crippen LogP contribution < -0.4 is 4.74 Å². The van der Waals surface area contributed by atoms with E-state index in [4.69, 9.17) is 4.74 Å². The van der Waals surface area contributed by atoms with E-state index < -0.39 is 0 Å². The molecule has 0 fully saturated rings. The van der Waals surface area contributed by atoms with Crippen LogP contribution >= 0.6 is 0 Å². The molecular weight excluding hydrogens is 304 g/mol. The van der Waals surface area contributed by atoms with Gasteiger partial charge in [0.2, 0.25) is 0 Å². The summed E-state index contributed by atoms with van der Waals surface area (Å²) < 4.78 is 5.86. The summed E-state index contributed by atoms with van der Waals surface area (Å²) >= 11 is 0. The predicted molar refractivity (Wildman–Crippen MR) is 106 cm³/mol. The molecule has 0 N–H and O–H groups in total. The van der Waals surface area contributed by atoms with Gasteiger partial charge in [-0.25, -0.2) is 0 Å². The second kappa shape index (κ2) is 9.08. The molecule has 128 valence electrons. The summed E-state index contributed by atoms with van der Waals surface area (Å²) in [5.41, 5.74) is 5.10. The Hall–Kier alpha value is -2.54. The van der Waals surface area contributed by atoms with Crippen molar-refractivity contribution in [2.45, 2.75) is 39.2 Å². The first-order valence-electron chi connectivity index (χ1n) is 9.21. The van der Waals surface area contributed by atoms with E-state index in [0.29, 0.717) is 6.61 Å². The van der Waals surface area contributed by atoms with Gasteiger partial charge in [0.15, 0.2) is 0 Å². The number of unbranched alkanes of at least 4 members (excludes halogenated alkanes) is 2. The lowest BCUT2D eigenvalue weighted by molar-refractivity contribution is 0.306. The number of hydrogen-bond acceptors (Lipinski definition) is 1. The fraction of sp³-hybridized carbons (Fsp3) is 0.250. The van der Waals surface area contributed by atoms with Crippen LogP contribution in [0.5, 0.6) is 5.75 Å². The largest absolute Gasteiger partial charge is 0.489 e. The van der Waals surface area contributed by atoms with Crippen LogP contribution in [-0.2, 0) is 13.0 Å². The van der Waals surface area contributed by atoms with Crippen LogP contribution in [0.3, 0.4) is 0 Å². The van der Waals surface area contributed by atoms with Crippen molar-refractivity contribution in [1.29, 1.82) is 0 Å². The van der Waals surface area contributed by atoms with Gasteiger partial charge in [-0.3, -0.25) is 0 Å². The van der Waals surface area contributed by atoms with E-state index in [1.807, 2.05) is 30.3 Å². The predicted octanol–water partition coefficient (Wildman–Crippen LogP) is 6.67. The number of hydrogen-bond donors (Lipinski definition) is 0. The average Bonchev–Trinajstić information content (AvgIpc) is 2.68. The summed E-state index contributed by atoms with van der Waals surface area (Å²) in [6.07, 6.45) is 5.05. The zero-order valence-electron chi connectivity index (χ0n) is 14.9. The quantitative estimate of drug-likeness (QED) is 0.419. The van der Waals surface area contributed by atoms with E-state index in [9.17, 15) is 0 Å². The molecule has 3 rings (SSSR count). The number of ether oxygens (including phenoxy) is 1. The molecular formula is C24H26O. The second-order valence-corrected chi connectivity index (χ2v) is 6.45. The van der Waals surface area contributed by atoms with Crippen molar-refractivity contribution in [2.24, 2.45) is 0 Å². The molecule has 3 aromatic rings. The third kappa shape index (κ3) is 5.22. The highest BCUT2D eigenvalue weighted by Gasteiger charge is 2.01. The van der Waals surface area contributed by atoms with E-state index in [1.54, 1.807) is 0 Å². The second-order valence-electron chi connectivity index (χ2n) is 6.45. The molecule has 1 heteroatoms. The number of benzene rings is 3. The summed E-state index contributed by atoms with van der Waals surface area (Å²) in [5.74, 6) is 0.906. The van der Waals surface area contributed by atoms with Gasteiger partial charge in [0.25, 0.3) is 0 Å². The Morgan fingerprint density at radius 1 is 0.640 bits per heavy atom. The fourth-order valence-electron chi connectivity index (χ4n) is 2.93. The standard InChI is InChI=1S/C24H26O/c1-2-3-5-8-20-11-13-22(14-12-20)23-15-17-24(18-16-23)25-19-21-9-6-4-7-10-21/h4,6-7,9-18H,2-3,5,8,19H2,1H3. The number of rotatable bonds is 8. The van der Waals surface area contributed by atoms with Gasteiger partial charge in [-0.15, -0.1) is 0 Å². The minimum Gasteiger partial charge on any atom is -0.489 e. The van der Waals surface area contributed by atoms with Gasteiger partial charge in [-0.1, -0.05) is 86.5 Å². The summed E-state index contributed by atoms with van der Waals surface area (Å²) in [6, 6.07) is 27.6. The Kier molecular flexibility index (Phi) is 6.28. The van der Waals surface area contributed by atoms with Crippen LogP contribution in [-0.4, -0.2) is 0 Å². The van der Waals surface area contributed by atoms with Crippen LogP contribution in [0.25, 0.3) is 11.1 Å². The van der Waals surface area contributed by atoms with Crippen molar-refractivity contribution in [2.75, 3.05) is 0 Å². The Morgan fingerprint density at radius 2 is 1.28 bits per heavy atom. The lowest BCUT2D eigenvalue weighted by Gasteiger charge is -2.08. The summed E-state index contributed by atoms with van der Waals surface area (Å²) in [5, 5.41) is 0. The maximum atomic E-state index is 5.86. The van der Waals surface area contributed by atoms with Gasteiger partial charge >= 0.3 is 0 Å². The molecule has 1 nitrogen and oxygen atoms in total. The van der Waals surface area contributed by atoms with Crippen LogP contribution in [0.1, 0.15) is 37.3 Å². The highest BCUT2D eigenvalue weighted by atomic mass is 16.5. The molecule has 0 radical (unpaired) electrons. The molecule has 0 heterocycles. The SMILES string of the molecule is CCCCCc1ccc(-c2ccc(OCc3ccccc3)cc2)cc1. The van der Waals surface area contributed by atoms with Crippen LogP contribution in [0.15, 0.2) is 78.9 Å². The fourth-order valence-corrected chi connectivity index (χ4v) is 2.93. The normalized spacial score (nSPS) is 10.6. The third-order valence-electron chi connectivity index (χ3n) is 4.46. The topological polar surface area (TPSA) is 9.23 Å². The van der Waals surface area contributed by atoms with Crippen LogP contribution in [0.2, 0.25) is 0 Å². The molecule has 0 unspecified atom stereocenters. The van der Waals surface area contributed by atoms with E-state index in [1.165, 1.54) is 47.9 Å². The third-order valence-corrected chi connectivity index (χ3v) is 4.46. The first kappa shape index (κ1) is 17.3. The van der Waals surface area contributed by atoms with Crippen molar-refractivity contribution < 1.29 is 4.74 Å². The van der Waals surface area contributed by atoms with Crippen molar-refractivity contribution in [1.82, 2.24) is 0 Å². The Bertz CT molecular complexity index is 742. The molecule has 0 bridgehead atoms. The average molecular weight is 330 g/mol. The Balaban J connectivity index is 1.58. The summed E-state index contributed by atoms with van der Waals surface area (Å²) in [7, 11) is 0. The molecule has 0 aliphatic heterocycles. The molecule has 3 aromatic carbocycles. The summed E-state index contributed by atoms with van der Waals surface area (Å²) in [6.45, 7) is 2.85. The van der Waals surface area contributed by atoms with E-state index in [2.05, 4.69) is 55.5 Å². The highest BCUT2D eigenvalue weighted by Crippen LogP contribution is 2.23. The van der Waals surface area contributed by atoms with Crippen LogP contribution in [0, 0.1) is 0 Å². The molecule has 0 aromatic heterocycles.